The molecule has 0 unspecified atom stereocenters. The average Bonchev–Trinajstić information content (AvgIpc) is 2.48. The zero-order valence-corrected chi connectivity index (χ0v) is 13.9. The van der Waals surface area contributed by atoms with E-state index >= 15 is 0 Å². The highest BCUT2D eigenvalue weighted by atomic mass is 16.7. The second kappa shape index (κ2) is 5.91. The van der Waals surface area contributed by atoms with Crippen molar-refractivity contribution in [2.24, 2.45) is 5.92 Å². The summed E-state index contributed by atoms with van der Waals surface area (Å²) >= 11 is 0. The van der Waals surface area contributed by atoms with E-state index in [0.29, 0.717) is 5.92 Å². The minimum absolute atomic E-state index is 0.206. The van der Waals surface area contributed by atoms with Crippen molar-refractivity contribution in [1.29, 1.82) is 0 Å². The number of rotatable bonds is 3. The summed E-state index contributed by atoms with van der Waals surface area (Å²) in [6, 6.07) is 0. The second-order valence-electron chi connectivity index (χ2n) is 7.81. The van der Waals surface area contributed by atoms with E-state index < -0.39 is 42.9 Å². The van der Waals surface area contributed by atoms with Gasteiger partial charge in [-0.05, 0) is 46.0 Å². The van der Waals surface area contributed by atoms with Crippen LogP contribution in [0.15, 0.2) is 0 Å². The minimum atomic E-state index is -1.42. The first kappa shape index (κ1) is 17.5. The molecule has 4 N–H and O–H groups in total. The van der Waals surface area contributed by atoms with E-state index in [1.807, 2.05) is 6.92 Å². The molecule has 4 fully saturated rings. The average molecular weight is 332 g/mol. The van der Waals surface area contributed by atoms with Crippen LogP contribution in [0.5, 0.6) is 0 Å². The Labute approximate surface area is 136 Å². The fourth-order valence-corrected chi connectivity index (χ4v) is 4.22. The first-order valence-corrected chi connectivity index (χ1v) is 8.34. The Bertz CT molecular complexity index is 440. The van der Waals surface area contributed by atoms with E-state index in [1.165, 1.54) is 0 Å². The summed E-state index contributed by atoms with van der Waals surface area (Å²) in [7, 11) is 0. The molecule has 1 aliphatic carbocycles. The van der Waals surface area contributed by atoms with Crippen LogP contribution in [0.3, 0.4) is 0 Å². The first-order chi connectivity index (χ1) is 10.7. The van der Waals surface area contributed by atoms with Crippen molar-refractivity contribution in [3.8, 4) is 0 Å². The van der Waals surface area contributed by atoms with Gasteiger partial charge in [0.1, 0.15) is 24.4 Å². The molecule has 0 spiro atoms. The lowest BCUT2D eigenvalue weighted by Gasteiger charge is -2.58. The monoisotopic (exact) mass is 332 g/mol. The normalized spacial score (nSPS) is 52.6. The maximum absolute atomic E-state index is 10.1. The van der Waals surface area contributed by atoms with Crippen LogP contribution in [0.4, 0.5) is 0 Å². The molecule has 0 radical (unpaired) electrons. The number of aliphatic hydroxyl groups is 4. The van der Waals surface area contributed by atoms with Gasteiger partial charge in [0.2, 0.25) is 0 Å². The SMILES string of the molecule is CC1(C)O[C@@]2(C)CC[C@@H]1C[C@@H]2O[C@H]1O[C@@H](CO)[C@H](O)[C@@H](O)[C@@H]1O. The summed E-state index contributed by atoms with van der Waals surface area (Å²) in [5, 5.41) is 39.1. The quantitative estimate of drug-likeness (QED) is 0.554. The molecule has 2 bridgehead atoms. The fraction of sp³-hybridized carbons (Fsp3) is 1.00. The summed E-state index contributed by atoms with van der Waals surface area (Å²) < 4.78 is 17.6. The van der Waals surface area contributed by atoms with Gasteiger partial charge in [0.15, 0.2) is 6.29 Å². The van der Waals surface area contributed by atoms with Crippen LogP contribution in [0.1, 0.15) is 40.0 Å². The number of hydrogen-bond donors (Lipinski definition) is 4. The van der Waals surface area contributed by atoms with Gasteiger partial charge in [-0.2, -0.15) is 0 Å². The highest BCUT2D eigenvalue weighted by molar-refractivity contribution is 5.04. The first-order valence-electron chi connectivity index (χ1n) is 8.34. The van der Waals surface area contributed by atoms with Crippen molar-refractivity contribution in [2.45, 2.75) is 88.0 Å². The van der Waals surface area contributed by atoms with Crippen molar-refractivity contribution in [3.63, 3.8) is 0 Å². The maximum atomic E-state index is 10.1. The summed E-state index contributed by atoms with van der Waals surface area (Å²) in [4.78, 5) is 0. The van der Waals surface area contributed by atoms with E-state index in [-0.39, 0.29) is 11.7 Å². The van der Waals surface area contributed by atoms with Gasteiger partial charge in [-0.25, -0.2) is 0 Å². The highest BCUT2D eigenvalue weighted by Crippen LogP contribution is 2.51. The van der Waals surface area contributed by atoms with Crippen molar-refractivity contribution < 1.29 is 34.6 Å². The summed E-state index contributed by atoms with van der Waals surface area (Å²) in [5.41, 5.74) is -0.681. The molecule has 7 heteroatoms. The third-order valence-electron chi connectivity index (χ3n) is 5.80. The summed E-state index contributed by atoms with van der Waals surface area (Å²) in [6.07, 6.45) is -3.76. The van der Waals surface area contributed by atoms with E-state index in [0.717, 1.165) is 19.3 Å². The number of hydrogen-bond acceptors (Lipinski definition) is 7. The molecule has 3 saturated heterocycles. The molecule has 8 atom stereocenters. The van der Waals surface area contributed by atoms with Crippen molar-refractivity contribution in [2.75, 3.05) is 6.61 Å². The van der Waals surface area contributed by atoms with Crippen LogP contribution in [0, 0.1) is 5.92 Å². The second-order valence-corrected chi connectivity index (χ2v) is 7.81. The zero-order valence-electron chi connectivity index (χ0n) is 13.9. The molecule has 4 rings (SSSR count). The van der Waals surface area contributed by atoms with Gasteiger partial charge in [-0.3, -0.25) is 0 Å². The van der Waals surface area contributed by atoms with Gasteiger partial charge in [-0.1, -0.05) is 0 Å². The van der Waals surface area contributed by atoms with Gasteiger partial charge in [0.05, 0.1) is 23.9 Å². The lowest BCUT2D eigenvalue weighted by molar-refractivity contribution is -0.353. The molecule has 3 heterocycles. The van der Waals surface area contributed by atoms with Crippen LogP contribution in [0.2, 0.25) is 0 Å². The van der Waals surface area contributed by atoms with Crippen LogP contribution in [-0.2, 0) is 14.2 Å². The highest BCUT2D eigenvalue weighted by Gasteiger charge is 2.56. The third-order valence-corrected chi connectivity index (χ3v) is 5.80. The van der Waals surface area contributed by atoms with Gasteiger partial charge in [0, 0.05) is 0 Å². The third kappa shape index (κ3) is 2.93. The largest absolute Gasteiger partial charge is 0.394 e. The van der Waals surface area contributed by atoms with Gasteiger partial charge in [0.25, 0.3) is 0 Å². The number of fused-ring (bicyclic) bond motifs is 3. The van der Waals surface area contributed by atoms with Gasteiger partial charge in [-0.15, -0.1) is 0 Å². The molecule has 0 aromatic rings. The van der Waals surface area contributed by atoms with E-state index in [2.05, 4.69) is 13.8 Å². The maximum Gasteiger partial charge on any atom is 0.187 e. The van der Waals surface area contributed by atoms with E-state index in [9.17, 15) is 20.4 Å². The molecule has 0 aromatic carbocycles. The Balaban J connectivity index is 1.72. The smallest absolute Gasteiger partial charge is 0.187 e. The summed E-state index contributed by atoms with van der Waals surface area (Å²) in [6.45, 7) is 5.70. The lowest BCUT2D eigenvalue weighted by Crippen LogP contribution is -2.65. The van der Waals surface area contributed by atoms with Crippen molar-refractivity contribution in [1.82, 2.24) is 0 Å². The zero-order chi connectivity index (χ0) is 17.0. The molecule has 134 valence electrons. The topological polar surface area (TPSA) is 109 Å². The van der Waals surface area contributed by atoms with Crippen molar-refractivity contribution in [3.05, 3.63) is 0 Å². The van der Waals surface area contributed by atoms with Gasteiger partial charge < -0.3 is 34.6 Å². The predicted molar refractivity (Wildman–Crippen MR) is 79.6 cm³/mol. The number of aliphatic hydroxyl groups excluding tert-OH is 4. The predicted octanol–water partition coefficient (Wildman–Crippen LogP) is -0.461. The van der Waals surface area contributed by atoms with Crippen LogP contribution in [0.25, 0.3) is 0 Å². The van der Waals surface area contributed by atoms with Gasteiger partial charge >= 0.3 is 0 Å². The molecule has 3 aliphatic heterocycles. The Morgan fingerprint density at radius 1 is 1.09 bits per heavy atom. The molecule has 4 aliphatic rings. The number of ether oxygens (including phenoxy) is 3. The molecule has 1 saturated carbocycles. The molecule has 0 amide bonds. The Kier molecular flexibility index (Phi) is 4.51. The Morgan fingerprint density at radius 3 is 2.35 bits per heavy atom. The summed E-state index contributed by atoms with van der Waals surface area (Å²) in [5.74, 6) is 0.360. The van der Waals surface area contributed by atoms with Crippen molar-refractivity contribution >= 4 is 0 Å². The minimum Gasteiger partial charge on any atom is -0.394 e. The van der Waals surface area contributed by atoms with Crippen LogP contribution < -0.4 is 0 Å². The standard InChI is InChI=1S/C16H28O7/c1-15(2)8-4-5-16(3,23-15)10(6-8)22-14-13(20)12(19)11(18)9(7-17)21-14/h8-14,17-20H,4-7H2,1-3H3/t8-,9+,10+,11+,12-,13+,14-,16+/m1/s1. The van der Waals surface area contributed by atoms with Crippen LogP contribution >= 0.6 is 0 Å². The molecule has 0 aromatic heterocycles. The Hall–Kier alpha value is -0.280. The molecule has 7 nitrogen and oxygen atoms in total. The van der Waals surface area contributed by atoms with Crippen LogP contribution in [-0.4, -0.2) is 75.0 Å². The molecular weight excluding hydrogens is 304 g/mol. The molecule has 23 heavy (non-hydrogen) atoms. The molecular formula is C16H28O7. The van der Waals surface area contributed by atoms with E-state index in [1.54, 1.807) is 0 Å². The fourth-order valence-electron chi connectivity index (χ4n) is 4.22. The van der Waals surface area contributed by atoms with E-state index in [4.69, 9.17) is 14.2 Å². The Morgan fingerprint density at radius 2 is 1.78 bits per heavy atom. The lowest BCUT2D eigenvalue weighted by atomic mass is 9.67.